The van der Waals surface area contributed by atoms with E-state index in [1.807, 2.05) is 30.9 Å². The first-order valence-corrected chi connectivity index (χ1v) is 9.24. The largest absolute Gasteiger partial charge is 0.480 e. The summed E-state index contributed by atoms with van der Waals surface area (Å²) in [5.41, 5.74) is 2.30. The van der Waals surface area contributed by atoms with E-state index in [0.717, 1.165) is 23.1 Å². The van der Waals surface area contributed by atoms with Crippen LogP contribution in [0.5, 0.6) is 0 Å². The van der Waals surface area contributed by atoms with Gasteiger partial charge in [0.15, 0.2) is 11.5 Å². The number of carboxylic acids is 1. The van der Waals surface area contributed by atoms with E-state index in [9.17, 15) is 19.5 Å². The van der Waals surface area contributed by atoms with Crippen molar-refractivity contribution >= 4 is 17.0 Å². The fraction of sp³-hybridized carbons (Fsp3) is 0.421. The Hall–Kier alpha value is -3.07. The number of carboxylic acid groups (broad SMARTS) is 1. The second-order valence-corrected chi connectivity index (χ2v) is 7.26. The van der Waals surface area contributed by atoms with Gasteiger partial charge in [-0.1, -0.05) is 0 Å². The summed E-state index contributed by atoms with van der Waals surface area (Å²) in [6, 6.07) is 3.36. The van der Waals surface area contributed by atoms with E-state index < -0.39 is 23.3 Å². The van der Waals surface area contributed by atoms with Crippen LogP contribution in [0.4, 0.5) is 0 Å². The molecule has 0 radical (unpaired) electrons. The first kappa shape index (κ1) is 18.3. The number of aromatic nitrogens is 4. The number of aromatic amines is 1. The summed E-state index contributed by atoms with van der Waals surface area (Å²) in [7, 11) is 0. The van der Waals surface area contributed by atoms with Gasteiger partial charge in [0, 0.05) is 13.1 Å². The van der Waals surface area contributed by atoms with Gasteiger partial charge in [-0.25, -0.2) is 9.78 Å². The van der Waals surface area contributed by atoms with Gasteiger partial charge in [0.25, 0.3) is 5.56 Å². The van der Waals surface area contributed by atoms with Gasteiger partial charge in [-0.15, -0.1) is 0 Å². The number of nitrogens with one attached hydrogen (secondary N) is 1. The van der Waals surface area contributed by atoms with Crippen LogP contribution in [0.2, 0.25) is 0 Å². The highest BCUT2D eigenvalue weighted by Crippen LogP contribution is 2.24. The molecule has 9 heteroatoms. The van der Waals surface area contributed by atoms with Gasteiger partial charge in [0.2, 0.25) is 0 Å². The smallest absolute Gasteiger partial charge is 0.349 e. The number of nitrogens with zero attached hydrogens (tertiary/aromatic N) is 4. The lowest BCUT2D eigenvalue weighted by atomic mass is 10.1. The molecule has 0 spiro atoms. The van der Waals surface area contributed by atoms with E-state index in [4.69, 9.17) is 0 Å². The van der Waals surface area contributed by atoms with E-state index in [1.54, 1.807) is 4.57 Å². The van der Waals surface area contributed by atoms with E-state index >= 15 is 0 Å². The average molecular weight is 383 g/mol. The van der Waals surface area contributed by atoms with Crippen molar-refractivity contribution in [2.24, 2.45) is 0 Å². The molecule has 1 aromatic rings. The van der Waals surface area contributed by atoms with E-state index in [1.165, 1.54) is 0 Å². The Balaban J connectivity index is 1.86. The maximum atomic E-state index is 12.3. The number of hydrogen-bond acceptors (Lipinski definition) is 6. The zero-order chi connectivity index (χ0) is 20.0. The molecule has 0 bridgehead atoms. The number of H-pyrrole nitrogens is 1. The molecule has 1 aromatic carbocycles. The lowest BCUT2D eigenvalue weighted by molar-refractivity contribution is -0.142. The molecule has 3 aliphatic heterocycles. The van der Waals surface area contributed by atoms with Crippen molar-refractivity contribution in [3.8, 4) is 11.5 Å². The topological polar surface area (TPSA) is 121 Å². The SMILES string of the molecule is Cc1cc2nc3c(=O)[nH]c(=O)nc-3n(CCN3CCC[C@H]3C(=O)O)c2cc1C. The average Bonchev–Trinajstić information content (AvgIpc) is 3.10. The van der Waals surface area contributed by atoms with Crippen molar-refractivity contribution in [2.75, 3.05) is 13.1 Å². The number of benzene rings is 1. The standard InChI is InChI=1S/C19H21N5O4/c1-10-8-12-14(9-11(10)2)24(7-6-23-5-3-4-13(23)18(26)27)16-15(20-12)17(25)22-19(28)21-16/h8-9,13H,3-7H2,1-2H3,(H,26,27)(H,22,25,28)/t13-/m0/s1. The molecule has 0 saturated carbocycles. The highest BCUT2D eigenvalue weighted by Gasteiger charge is 2.30. The van der Waals surface area contributed by atoms with Crippen molar-refractivity contribution in [2.45, 2.75) is 39.3 Å². The van der Waals surface area contributed by atoms with Crippen molar-refractivity contribution < 1.29 is 9.90 Å². The lowest BCUT2D eigenvalue weighted by Crippen LogP contribution is -2.38. The maximum Gasteiger partial charge on any atom is 0.349 e. The van der Waals surface area contributed by atoms with Gasteiger partial charge in [0.05, 0.1) is 11.0 Å². The quantitative estimate of drug-likeness (QED) is 0.638. The first-order chi connectivity index (χ1) is 13.3. The van der Waals surface area contributed by atoms with Crippen LogP contribution in [0.3, 0.4) is 0 Å². The Labute approximate surface area is 160 Å². The lowest BCUT2D eigenvalue weighted by Gasteiger charge is -2.24. The molecule has 1 fully saturated rings. The molecule has 1 atom stereocenters. The fourth-order valence-corrected chi connectivity index (χ4v) is 3.88. The monoisotopic (exact) mass is 383 g/mol. The molecule has 9 nitrogen and oxygen atoms in total. The molecule has 0 amide bonds. The normalized spacial score (nSPS) is 17.6. The number of likely N-dealkylation sites (tertiary alicyclic amines) is 1. The summed E-state index contributed by atoms with van der Waals surface area (Å²) >= 11 is 0. The Morgan fingerprint density at radius 2 is 1.96 bits per heavy atom. The van der Waals surface area contributed by atoms with E-state index in [2.05, 4.69) is 15.0 Å². The van der Waals surface area contributed by atoms with Gasteiger partial charge in [-0.3, -0.25) is 19.5 Å². The van der Waals surface area contributed by atoms with Crippen LogP contribution in [0.15, 0.2) is 21.7 Å². The number of aliphatic carboxylic acids is 1. The summed E-state index contributed by atoms with van der Waals surface area (Å²) < 4.78 is 1.80. The zero-order valence-electron chi connectivity index (χ0n) is 15.7. The van der Waals surface area contributed by atoms with Crippen molar-refractivity contribution in [1.29, 1.82) is 0 Å². The van der Waals surface area contributed by atoms with Crippen LogP contribution in [0.1, 0.15) is 24.0 Å². The van der Waals surface area contributed by atoms with E-state index in [-0.39, 0.29) is 11.5 Å². The number of aryl methyl sites for hydroxylation is 2. The van der Waals surface area contributed by atoms with Crippen molar-refractivity contribution in [3.05, 3.63) is 44.1 Å². The summed E-state index contributed by atoms with van der Waals surface area (Å²) in [6.45, 7) is 5.53. The van der Waals surface area contributed by atoms with Crippen LogP contribution in [-0.4, -0.2) is 54.6 Å². The number of fused-ring (bicyclic) bond motifs is 2. The van der Waals surface area contributed by atoms with Crippen molar-refractivity contribution in [3.63, 3.8) is 0 Å². The number of rotatable bonds is 4. The van der Waals surface area contributed by atoms with Gasteiger partial charge in [-0.2, -0.15) is 4.98 Å². The highest BCUT2D eigenvalue weighted by molar-refractivity contribution is 5.81. The molecule has 0 unspecified atom stereocenters. The minimum absolute atomic E-state index is 0.103. The van der Waals surface area contributed by atoms with Crippen LogP contribution in [-0.2, 0) is 11.3 Å². The maximum absolute atomic E-state index is 12.3. The summed E-state index contributed by atoms with van der Waals surface area (Å²) in [4.78, 5) is 48.1. The second-order valence-electron chi connectivity index (χ2n) is 7.26. The fourth-order valence-electron chi connectivity index (χ4n) is 3.88. The molecule has 4 rings (SSSR count). The first-order valence-electron chi connectivity index (χ1n) is 9.24. The van der Waals surface area contributed by atoms with Gasteiger partial charge < -0.3 is 9.67 Å². The van der Waals surface area contributed by atoms with Crippen LogP contribution in [0, 0.1) is 13.8 Å². The molecule has 1 saturated heterocycles. The Morgan fingerprint density at radius 3 is 2.71 bits per heavy atom. The minimum Gasteiger partial charge on any atom is -0.480 e. The number of carbonyl (C=O) groups is 1. The molecule has 146 valence electrons. The molecule has 0 aromatic heterocycles. The zero-order valence-corrected chi connectivity index (χ0v) is 15.7. The highest BCUT2D eigenvalue weighted by atomic mass is 16.4. The Bertz CT molecular complexity index is 1170. The summed E-state index contributed by atoms with van der Waals surface area (Å²) in [5, 5.41) is 9.41. The molecular formula is C19H21N5O4. The third kappa shape index (κ3) is 3.07. The van der Waals surface area contributed by atoms with Crippen molar-refractivity contribution in [1.82, 2.24) is 24.4 Å². The predicted octanol–water partition coefficient (Wildman–Crippen LogP) is 0.750. The summed E-state index contributed by atoms with van der Waals surface area (Å²) in [6.07, 6.45) is 1.46. The van der Waals surface area contributed by atoms with Crippen LogP contribution < -0.4 is 11.2 Å². The Morgan fingerprint density at radius 1 is 1.21 bits per heavy atom. The molecular weight excluding hydrogens is 362 g/mol. The third-order valence-electron chi connectivity index (χ3n) is 5.48. The molecule has 3 aliphatic rings. The van der Waals surface area contributed by atoms with Crippen LogP contribution >= 0.6 is 0 Å². The van der Waals surface area contributed by atoms with Gasteiger partial charge in [0.1, 0.15) is 6.04 Å². The predicted molar refractivity (Wildman–Crippen MR) is 103 cm³/mol. The molecule has 28 heavy (non-hydrogen) atoms. The molecule has 3 heterocycles. The Kier molecular flexibility index (Phi) is 4.46. The molecule has 2 N–H and O–H groups in total. The second kappa shape index (κ2) is 6.83. The number of hydrogen-bond donors (Lipinski definition) is 2. The van der Waals surface area contributed by atoms with Gasteiger partial charge in [-0.05, 0) is 56.5 Å². The summed E-state index contributed by atoms with van der Waals surface area (Å²) in [5.74, 6) is -0.606. The van der Waals surface area contributed by atoms with Crippen LogP contribution in [0.25, 0.3) is 22.6 Å². The van der Waals surface area contributed by atoms with E-state index in [0.29, 0.717) is 31.6 Å². The third-order valence-corrected chi connectivity index (χ3v) is 5.48. The minimum atomic E-state index is -0.824. The van der Waals surface area contributed by atoms with Gasteiger partial charge >= 0.3 is 11.7 Å². The molecule has 0 aliphatic carbocycles.